The lowest BCUT2D eigenvalue weighted by molar-refractivity contribution is 0.729. The Hall–Kier alpha value is -3.82. The van der Waals surface area contributed by atoms with Crippen molar-refractivity contribution in [3.63, 3.8) is 0 Å². The molecular weight excluding hydrogens is 392 g/mol. The van der Waals surface area contributed by atoms with E-state index in [2.05, 4.69) is 50.5 Å². The minimum atomic E-state index is 0.541. The van der Waals surface area contributed by atoms with E-state index in [1.54, 1.807) is 12.4 Å². The first-order valence-corrected chi connectivity index (χ1v) is 10.5. The van der Waals surface area contributed by atoms with Crippen LogP contribution in [0.1, 0.15) is 17.3 Å². The SMILES string of the molecule is c1ccc(CCNc2nccc(-c3ncc(N4CC5C(C4)C5c4cn[nH]n4)[nH]3)n2)nc1. The highest BCUT2D eigenvalue weighted by Crippen LogP contribution is 2.57. The predicted octanol–water partition coefficient (Wildman–Crippen LogP) is 1.88. The highest BCUT2D eigenvalue weighted by Gasteiger charge is 2.57. The number of H-pyrrole nitrogens is 2. The minimum absolute atomic E-state index is 0.541. The molecule has 4 aromatic heterocycles. The predicted molar refractivity (Wildman–Crippen MR) is 114 cm³/mol. The maximum absolute atomic E-state index is 4.61. The number of piperidine rings is 1. The molecule has 0 bridgehead atoms. The molecule has 1 saturated carbocycles. The molecule has 0 amide bonds. The Kier molecular flexibility index (Phi) is 4.33. The second kappa shape index (κ2) is 7.46. The number of nitrogens with zero attached hydrogens (tertiary/aromatic N) is 7. The molecule has 1 aliphatic carbocycles. The van der Waals surface area contributed by atoms with Crippen LogP contribution in [0.3, 0.4) is 0 Å². The molecule has 6 rings (SSSR count). The average molecular weight is 414 g/mol. The molecule has 31 heavy (non-hydrogen) atoms. The third-order valence-corrected chi connectivity index (χ3v) is 6.16. The van der Waals surface area contributed by atoms with Gasteiger partial charge < -0.3 is 15.2 Å². The van der Waals surface area contributed by atoms with Gasteiger partial charge in [0.25, 0.3) is 0 Å². The first kappa shape index (κ1) is 18.0. The Balaban J connectivity index is 1.08. The Morgan fingerprint density at radius 3 is 2.77 bits per heavy atom. The van der Waals surface area contributed by atoms with Crippen molar-refractivity contribution in [1.82, 2.24) is 40.3 Å². The van der Waals surface area contributed by atoms with Gasteiger partial charge in [-0.3, -0.25) is 4.98 Å². The minimum Gasteiger partial charge on any atom is -0.356 e. The number of rotatable bonds is 7. The largest absolute Gasteiger partial charge is 0.356 e. The highest BCUT2D eigenvalue weighted by molar-refractivity contribution is 5.56. The van der Waals surface area contributed by atoms with Gasteiger partial charge in [-0.05, 0) is 30.0 Å². The Morgan fingerprint density at radius 2 is 1.97 bits per heavy atom. The van der Waals surface area contributed by atoms with E-state index in [0.29, 0.717) is 30.2 Å². The quantitative estimate of drug-likeness (QED) is 0.419. The number of fused-ring (bicyclic) bond motifs is 1. The van der Waals surface area contributed by atoms with Crippen LogP contribution < -0.4 is 10.2 Å². The van der Waals surface area contributed by atoms with Gasteiger partial charge in [0.2, 0.25) is 5.95 Å². The molecule has 2 unspecified atom stereocenters. The lowest BCUT2D eigenvalue weighted by atomic mass is 10.2. The van der Waals surface area contributed by atoms with Gasteiger partial charge in [-0.25, -0.2) is 15.0 Å². The topological polar surface area (TPSA) is 124 Å². The summed E-state index contributed by atoms with van der Waals surface area (Å²) < 4.78 is 0. The zero-order chi connectivity index (χ0) is 20.6. The van der Waals surface area contributed by atoms with E-state index in [-0.39, 0.29) is 0 Å². The van der Waals surface area contributed by atoms with E-state index in [4.69, 9.17) is 0 Å². The van der Waals surface area contributed by atoms with Crippen LogP contribution in [0, 0.1) is 11.8 Å². The van der Waals surface area contributed by atoms with Crippen molar-refractivity contribution in [2.75, 3.05) is 29.9 Å². The van der Waals surface area contributed by atoms with Crippen molar-refractivity contribution in [3.05, 3.63) is 60.4 Å². The van der Waals surface area contributed by atoms with Crippen LogP contribution in [0.25, 0.3) is 11.5 Å². The van der Waals surface area contributed by atoms with Gasteiger partial charge in [0.1, 0.15) is 11.5 Å². The molecule has 0 spiro atoms. The second-order valence-electron chi connectivity index (χ2n) is 8.03. The van der Waals surface area contributed by atoms with Crippen molar-refractivity contribution in [2.45, 2.75) is 12.3 Å². The summed E-state index contributed by atoms with van der Waals surface area (Å²) >= 11 is 0. The van der Waals surface area contributed by atoms with Crippen LogP contribution in [0.2, 0.25) is 0 Å². The Morgan fingerprint density at radius 1 is 1.03 bits per heavy atom. The summed E-state index contributed by atoms with van der Waals surface area (Å²) in [6, 6.07) is 7.79. The summed E-state index contributed by atoms with van der Waals surface area (Å²) in [5.41, 5.74) is 2.90. The first-order chi connectivity index (χ1) is 15.3. The zero-order valence-corrected chi connectivity index (χ0v) is 16.8. The van der Waals surface area contributed by atoms with Crippen molar-refractivity contribution >= 4 is 11.8 Å². The summed E-state index contributed by atoms with van der Waals surface area (Å²) in [6.07, 6.45) is 8.10. The smallest absolute Gasteiger partial charge is 0.223 e. The van der Waals surface area contributed by atoms with Crippen molar-refractivity contribution in [1.29, 1.82) is 0 Å². The Labute approximate surface area is 178 Å². The van der Waals surface area contributed by atoms with Crippen LogP contribution in [0.4, 0.5) is 11.8 Å². The van der Waals surface area contributed by atoms with Gasteiger partial charge in [-0.2, -0.15) is 15.4 Å². The van der Waals surface area contributed by atoms with Crippen molar-refractivity contribution in [3.8, 4) is 11.5 Å². The number of pyridine rings is 1. The van der Waals surface area contributed by atoms with Gasteiger partial charge in [0.15, 0.2) is 5.82 Å². The van der Waals surface area contributed by atoms with Gasteiger partial charge in [-0.15, -0.1) is 0 Å². The number of anilines is 2. The third-order valence-electron chi connectivity index (χ3n) is 6.16. The molecule has 2 aliphatic rings. The molecule has 0 aromatic carbocycles. The van der Waals surface area contributed by atoms with Gasteiger partial charge in [0, 0.05) is 50.1 Å². The van der Waals surface area contributed by atoms with E-state index in [1.165, 1.54) is 0 Å². The summed E-state index contributed by atoms with van der Waals surface area (Å²) in [6.45, 7) is 2.73. The molecule has 156 valence electrons. The molecular formula is C21H22N10. The van der Waals surface area contributed by atoms with Crippen LogP contribution in [-0.4, -0.2) is 60.0 Å². The number of imidazole rings is 1. The summed E-state index contributed by atoms with van der Waals surface area (Å²) in [5.74, 6) is 4.20. The van der Waals surface area contributed by atoms with E-state index in [1.807, 2.05) is 36.7 Å². The Bertz CT molecular complexity index is 1140. The molecule has 0 radical (unpaired) electrons. The van der Waals surface area contributed by atoms with Crippen LogP contribution in [0.5, 0.6) is 0 Å². The van der Waals surface area contributed by atoms with Gasteiger partial charge >= 0.3 is 0 Å². The third kappa shape index (κ3) is 3.49. The standard InChI is InChI=1S/C21H22N10/c1-2-6-22-13(3-1)4-7-23-21-24-8-5-16(27-21)20-25-10-18(28-20)31-11-14-15(12-31)19(14)17-9-26-30-29-17/h1-3,5-6,8-10,14-15,19H,4,7,11-12H2,(H,25,28)(H,23,24,27)(H,26,29,30). The van der Waals surface area contributed by atoms with E-state index in [0.717, 1.165) is 48.2 Å². The molecule has 1 saturated heterocycles. The van der Waals surface area contributed by atoms with Gasteiger partial charge in [-0.1, -0.05) is 6.07 Å². The first-order valence-electron chi connectivity index (χ1n) is 10.5. The van der Waals surface area contributed by atoms with Crippen LogP contribution in [0.15, 0.2) is 49.1 Å². The van der Waals surface area contributed by atoms with E-state index in [9.17, 15) is 0 Å². The zero-order valence-electron chi connectivity index (χ0n) is 16.8. The van der Waals surface area contributed by atoms with Gasteiger partial charge in [0.05, 0.1) is 18.1 Å². The molecule has 2 fully saturated rings. The molecule has 3 N–H and O–H groups in total. The fraction of sp³-hybridized carbons (Fsp3) is 0.333. The summed E-state index contributed by atoms with van der Waals surface area (Å²) in [5, 5.41) is 14.2. The maximum Gasteiger partial charge on any atom is 0.223 e. The number of hydrogen-bond acceptors (Lipinski definition) is 8. The van der Waals surface area contributed by atoms with Crippen molar-refractivity contribution in [2.24, 2.45) is 11.8 Å². The van der Waals surface area contributed by atoms with Crippen LogP contribution in [-0.2, 0) is 6.42 Å². The number of nitrogens with one attached hydrogen (secondary N) is 3. The second-order valence-corrected chi connectivity index (χ2v) is 8.03. The maximum atomic E-state index is 4.61. The monoisotopic (exact) mass is 414 g/mol. The molecule has 4 aromatic rings. The highest BCUT2D eigenvalue weighted by atomic mass is 15.3. The molecule has 5 heterocycles. The molecule has 10 nitrogen and oxygen atoms in total. The van der Waals surface area contributed by atoms with Crippen LogP contribution >= 0.6 is 0 Å². The normalized spacial score (nSPS) is 21.8. The fourth-order valence-corrected chi connectivity index (χ4v) is 4.56. The summed E-state index contributed by atoms with van der Waals surface area (Å²) in [7, 11) is 0. The molecule has 10 heteroatoms. The van der Waals surface area contributed by atoms with E-state index >= 15 is 0 Å². The van der Waals surface area contributed by atoms with Crippen molar-refractivity contribution < 1.29 is 0 Å². The lowest BCUT2D eigenvalue weighted by Crippen LogP contribution is -2.23. The molecule has 1 aliphatic heterocycles. The fourth-order valence-electron chi connectivity index (χ4n) is 4.56. The van der Waals surface area contributed by atoms with E-state index < -0.39 is 0 Å². The molecule has 2 atom stereocenters. The number of aromatic amines is 2. The number of hydrogen-bond donors (Lipinski definition) is 3. The lowest BCUT2D eigenvalue weighted by Gasteiger charge is -2.19. The average Bonchev–Trinajstić information content (AvgIpc) is 3.34. The summed E-state index contributed by atoms with van der Waals surface area (Å²) in [4.78, 5) is 23.6. The number of aromatic nitrogens is 8.